The summed E-state index contributed by atoms with van der Waals surface area (Å²) in [6.07, 6.45) is 0.530. The Morgan fingerprint density at radius 1 is 1.09 bits per heavy atom. The number of nitrogens with zero attached hydrogens (tertiary/aromatic N) is 1. The third-order valence-electron chi connectivity index (χ3n) is 8.77. The first-order valence-electron chi connectivity index (χ1n) is 12.6. The Labute approximate surface area is 203 Å². The molecule has 11 nitrogen and oxygen atoms in total. The monoisotopic (exact) mass is 497 g/mol. The summed E-state index contributed by atoms with van der Waals surface area (Å²) in [6.45, 7) is 5.96. The minimum absolute atomic E-state index is 0.00643. The van der Waals surface area contributed by atoms with Crippen molar-refractivity contribution in [3.63, 3.8) is 0 Å². The van der Waals surface area contributed by atoms with Crippen LogP contribution in [0.2, 0.25) is 0 Å². The number of esters is 1. The summed E-state index contributed by atoms with van der Waals surface area (Å²) in [5.41, 5.74) is -0.756. The molecular weight excluding hydrogens is 462 g/mol. The van der Waals surface area contributed by atoms with E-state index in [4.69, 9.17) is 24.0 Å². The number of ether oxygens (including phenoxy) is 3. The Balaban J connectivity index is 1.24. The van der Waals surface area contributed by atoms with Crippen molar-refractivity contribution in [2.24, 2.45) is 23.7 Å². The number of aliphatic hydroxyl groups excluding tert-OH is 1. The zero-order chi connectivity index (χ0) is 25.1. The fourth-order valence-corrected chi connectivity index (χ4v) is 6.87. The first kappa shape index (κ1) is 24.9. The number of β-amino-alcohol motifs (C(OH)–C–C–N with tert-alkyl or cyclic N) is 1. The summed E-state index contributed by atoms with van der Waals surface area (Å²) >= 11 is 0. The van der Waals surface area contributed by atoms with Gasteiger partial charge in [0.2, 0.25) is 18.0 Å². The van der Waals surface area contributed by atoms with E-state index >= 15 is 0 Å². The number of carbonyl (C=O) groups excluding carboxylic acids is 2. The number of carboxylic acid groups (broad SMARTS) is 1. The van der Waals surface area contributed by atoms with Gasteiger partial charge >= 0.3 is 11.9 Å². The van der Waals surface area contributed by atoms with Crippen LogP contribution < -0.4 is 0 Å². The van der Waals surface area contributed by atoms with Crippen LogP contribution in [0.15, 0.2) is 0 Å². The summed E-state index contributed by atoms with van der Waals surface area (Å²) in [5.74, 6) is -2.78. The van der Waals surface area contributed by atoms with Crippen molar-refractivity contribution in [3.05, 3.63) is 0 Å². The number of hydrogen-bond acceptors (Lipinski definition) is 9. The number of likely N-dealkylation sites (tertiary alicyclic amines) is 1. The van der Waals surface area contributed by atoms with Gasteiger partial charge in [0.25, 0.3) is 0 Å². The van der Waals surface area contributed by atoms with Crippen molar-refractivity contribution in [1.29, 1.82) is 0 Å². The molecule has 11 heteroatoms. The van der Waals surface area contributed by atoms with Crippen LogP contribution in [0.5, 0.6) is 0 Å². The van der Waals surface area contributed by atoms with Crippen LogP contribution in [-0.2, 0) is 38.4 Å². The van der Waals surface area contributed by atoms with Crippen LogP contribution in [0.1, 0.15) is 65.7 Å². The number of aliphatic carboxylic acids is 1. The molecule has 0 unspecified atom stereocenters. The fraction of sp³-hybridized carbons (Fsp3) is 0.875. The zero-order valence-corrected chi connectivity index (χ0v) is 20.4. The van der Waals surface area contributed by atoms with E-state index in [1.165, 1.54) is 0 Å². The summed E-state index contributed by atoms with van der Waals surface area (Å²) in [7, 11) is 0. The van der Waals surface area contributed by atoms with Crippen molar-refractivity contribution >= 4 is 17.8 Å². The van der Waals surface area contributed by atoms with E-state index in [-0.39, 0.29) is 43.6 Å². The predicted octanol–water partition coefficient (Wildman–Crippen LogP) is 1.56. The lowest BCUT2D eigenvalue weighted by Gasteiger charge is -2.59. The molecule has 6 fully saturated rings. The van der Waals surface area contributed by atoms with Crippen LogP contribution in [0, 0.1) is 23.7 Å². The highest BCUT2D eigenvalue weighted by Gasteiger charge is 2.69. The minimum Gasteiger partial charge on any atom is -0.480 e. The fourth-order valence-electron chi connectivity index (χ4n) is 6.87. The number of aliphatic hydroxyl groups is 1. The molecule has 1 saturated carbocycles. The minimum atomic E-state index is -1.17. The van der Waals surface area contributed by atoms with E-state index in [9.17, 15) is 24.6 Å². The second-order valence-corrected chi connectivity index (χ2v) is 11.1. The third-order valence-corrected chi connectivity index (χ3v) is 8.77. The first-order chi connectivity index (χ1) is 16.5. The topological polar surface area (TPSA) is 141 Å². The Kier molecular flexibility index (Phi) is 6.36. The van der Waals surface area contributed by atoms with Gasteiger partial charge in [-0.25, -0.2) is 14.6 Å². The van der Waals surface area contributed by atoms with Gasteiger partial charge in [-0.1, -0.05) is 13.8 Å². The Morgan fingerprint density at radius 2 is 1.86 bits per heavy atom. The Morgan fingerprint density at radius 3 is 2.60 bits per heavy atom. The highest BCUT2D eigenvalue weighted by atomic mass is 17.3. The van der Waals surface area contributed by atoms with E-state index in [0.717, 1.165) is 24.2 Å². The lowest BCUT2D eigenvalue weighted by atomic mass is 9.58. The van der Waals surface area contributed by atoms with E-state index in [2.05, 4.69) is 6.92 Å². The van der Waals surface area contributed by atoms with E-state index < -0.39 is 54.0 Å². The molecule has 196 valence electrons. The van der Waals surface area contributed by atoms with Gasteiger partial charge in [-0.05, 0) is 38.0 Å². The average Bonchev–Trinajstić information content (AvgIpc) is 3.06. The van der Waals surface area contributed by atoms with Crippen LogP contribution in [-0.4, -0.2) is 75.6 Å². The number of rotatable bonds is 5. The molecule has 1 spiro atoms. The summed E-state index contributed by atoms with van der Waals surface area (Å²) in [4.78, 5) is 49.6. The second kappa shape index (κ2) is 8.95. The molecule has 5 saturated heterocycles. The number of amides is 1. The van der Waals surface area contributed by atoms with Crippen molar-refractivity contribution in [2.45, 2.75) is 102 Å². The molecule has 0 aromatic heterocycles. The molecule has 1 aliphatic carbocycles. The summed E-state index contributed by atoms with van der Waals surface area (Å²) in [6, 6.07) is -1.08. The van der Waals surface area contributed by atoms with Crippen molar-refractivity contribution in [2.75, 3.05) is 6.54 Å². The van der Waals surface area contributed by atoms with E-state index in [1.807, 2.05) is 13.8 Å². The second-order valence-electron chi connectivity index (χ2n) is 11.1. The molecule has 1 amide bonds. The van der Waals surface area contributed by atoms with Crippen LogP contribution in [0.3, 0.4) is 0 Å². The highest BCUT2D eigenvalue weighted by molar-refractivity contribution is 5.86. The quantitative estimate of drug-likeness (QED) is 0.425. The molecule has 0 radical (unpaired) electrons. The van der Waals surface area contributed by atoms with Gasteiger partial charge in [0.15, 0.2) is 11.9 Å². The summed E-state index contributed by atoms with van der Waals surface area (Å²) < 4.78 is 18.2. The molecule has 35 heavy (non-hydrogen) atoms. The molecule has 0 aromatic carbocycles. The van der Waals surface area contributed by atoms with Crippen molar-refractivity contribution in [3.8, 4) is 0 Å². The molecule has 2 bridgehead atoms. The standard InChI is InChI=1S/C24H35NO10/c1-12-4-5-16-13(2)21(32-22-24(16)15(12)8-9-23(3,33-22)34-35-24)31-19(28)7-6-18(27)25-11-14(26)10-17(25)20(29)30/h12-17,21-22,26H,4-11H2,1-3H3,(H,29,30)/t12-,13-,14-,15+,16+,17-,21-,22-,23-,24-/m1/s1. The number of hydrogen-bond donors (Lipinski definition) is 2. The van der Waals surface area contributed by atoms with Gasteiger partial charge in [0.1, 0.15) is 6.04 Å². The smallest absolute Gasteiger partial charge is 0.326 e. The molecule has 2 N–H and O–H groups in total. The first-order valence-corrected chi connectivity index (χ1v) is 12.6. The van der Waals surface area contributed by atoms with Crippen molar-refractivity contribution < 1.29 is 48.6 Å². The maximum atomic E-state index is 12.7. The maximum absolute atomic E-state index is 12.7. The normalized spacial score (nSPS) is 46.6. The van der Waals surface area contributed by atoms with Gasteiger partial charge in [-0.15, -0.1) is 0 Å². The van der Waals surface area contributed by atoms with Crippen LogP contribution in [0.4, 0.5) is 0 Å². The highest BCUT2D eigenvalue weighted by Crippen LogP contribution is 2.60. The largest absolute Gasteiger partial charge is 0.480 e. The average molecular weight is 498 g/mol. The number of carboxylic acids is 1. The SMILES string of the molecule is C[C@H]1[C@H](OC(=O)CCC(=O)N2C[C@H](O)C[C@@H]2C(=O)O)O[C@@H]2O[C@@]3(C)CC[C@H]4[C@H](C)CC[C@@H]1[C@@]24OO3. The Hall–Kier alpha value is -1.79. The van der Waals surface area contributed by atoms with Gasteiger partial charge in [0.05, 0.1) is 12.5 Å². The Bertz CT molecular complexity index is 882. The van der Waals surface area contributed by atoms with Crippen LogP contribution in [0.25, 0.3) is 0 Å². The molecule has 5 heterocycles. The van der Waals surface area contributed by atoms with Gasteiger partial charge in [-0.2, -0.15) is 0 Å². The molecule has 6 rings (SSSR count). The van der Waals surface area contributed by atoms with E-state index in [1.54, 1.807) is 0 Å². The lowest BCUT2D eigenvalue weighted by Crippen LogP contribution is -2.70. The van der Waals surface area contributed by atoms with Crippen LogP contribution >= 0.6 is 0 Å². The molecule has 5 aliphatic heterocycles. The van der Waals surface area contributed by atoms with E-state index in [0.29, 0.717) is 12.3 Å². The molecule has 6 aliphatic rings. The maximum Gasteiger partial charge on any atom is 0.326 e. The molecular formula is C24H35NO10. The number of carbonyl (C=O) groups is 3. The van der Waals surface area contributed by atoms with Gasteiger partial charge < -0.3 is 29.3 Å². The zero-order valence-electron chi connectivity index (χ0n) is 20.4. The molecule has 10 atom stereocenters. The van der Waals surface area contributed by atoms with Gasteiger partial charge in [-0.3, -0.25) is 9.59 Å². The predicted molar refractivity (Wildman–Crippen MR) is 116 cm³/mol. The summed E-state index contributed by atoms with van der Waals surface area (Å²) in [5, 5.41) is 19.1. The number of fused-ring (bicyclic) bond motifs is 2. The third kappa shape index (κ3) is 4.15. The lowest BCUT2D eigenvalue weighted by molar-refractivity contribution is -0.576. The van der Waals surface area contributed by atoms with Gasteiger partial charge in [0, 0.05) is 37.6 Å². The van der Waals surface area contributed by atoms with Crippen molar-refractivity contribution in [1.82, 2.24) is 4.90 Å². The molecule has 0 aromatic rings.